The molecule has 0 unspecified atom stereocenters. The molecule has 2 aromatic rings. The van der Waals surface area contributed by atoms with Crippen molar-refractivity contribution >= 4 is 33.2 Å². The summed E-state index contributed by atoms with van der Waals surface area (Å²) in [6.45, 7) is 1.80. The summed E-state index contributed by atoms with van der Waals surface area (Å²) in [4.78, 5) is 12.0. The fourth-order valence-corrected chi connectivity index (χ4v) is 3.56. The Bertz CT molecular complexity index is 886. The molecule has 0 radical (unpaired) electrons. The monoisotopic (exact) mass is 398 g/mol. The fraction of sp³-hybridized carbons (Fsp3) is 0.235. The molecule has 140 valence electrons. The van der Waals surface area contributed by atoms with E-state index in [0.717, 1.165) is 0 Å². The topological polar surface area (TPSA) is 93.7 Å². The van der Waals surface area contributed by atoms with Crippen LogP contribution in [0.5, 0.6) is 11.5 Å². The number of rotatable bonds is 8. The molecule has 7 nitrogen and oxygen atoms in total. The molecule has 2 rings (SSSR count). The number of hydrogen-bond acceptors (Lipinski definition) is 5. The molecule has 0 aliphatic rings. The lowest BCUT2D eigenvalue weighted by molar-refractivity contribution is -0.115. The van der Waals surface area contributed by atoms with Crippen LogP contribution in [0.3, 0.4) is 0 Å². The van der Waals surface area contributed by atoms with Crippen LogP contribution in [-0.4, -0.2) is 34.6 Å². The molecule has 9 heteroatoms. The molecule has 0 aromatic heterocycles. The first kappa shape index (κ1) is 20.0. The van der Waals surface area contributed by atoms with Crippen molar-refractivity contribution in [3.8, 4) is 11.5 Å². The smallest absolute Gasteiger partial charge is 0.244 e. The van der Waals surface area contributed by atoms with Gasteiger partial charge in [0.25, 0.3) is 0 Å². The van der Waals surface area contributed by atoms with E-state index in [0.29, 0.717) is 18.0 Å². The summed E-state index contributed by atoms with van der Waals surface area (Å²) in [7, 11) is -2.64. The van der Waals surface area contributed by atoms with E-state index in [1.54, 1.807) is 24.3 Å². The first-order valence-electron chi connectivity index (χ1n) is 7.72. The molecule has 0 bridgehead atoms. The van der Waals surface area contributed by atoms with Crippen LogP contribution in [0.4, 0.5) is 5.69 Å². The number of benzene rings is 2. The van der Waals surface area contributed by atoms with Gasteiger partial charge in [0.15, 0.2) is 0 Å². The molecular weight excluding hydrogens is 380 g/mol. The third-order valence-corrected chi connectivity index (χ3v) is 4.96. The van der Waals surface area contributed by atoms with Crippen LogP contribution >= 0.6 is 11.6 Å². The maximum Gasteiger partial charge on any atom is 0.244 e. The van der Waals surface area contributed by atoms with Crippen LogP contribution in [-0.2, 0) is 14.8 Å². The number of carbonyl (C=O) groups excluding carboxylic acids is 1. The Kier molecular flexibility index (Phi) is 6.84. The van der Waals surface area contributed by atoms with Gasteiger partial charge >= 0.3 is 0 Å². The average Bonchev–Trinajstić information content (AvgIpc) is 2.62. The summed E-state index contributed by atoms with van der Waals surface area (Å²) in [5, 5.41) is 2.85. The standard InChI is InChI=1S/C17H19ClN2O5S/c1-3-25-14-7-5-4-6-13(14)20-17(21)11-19-26(22,23)16-10-12(18)8-9-15(16)24-2/h4-10,19H,3,11H2,1-2H3,(H,20,21). The minimum Gasteiger partial charge on any atom is -0.495 e. The van der Waals surface area contributed by atoms with Crippen LogP contribution < -0.4 is 19.5 Å². The highest BCUT2D eigenvalue weighted by molar-refractivity contribution is 7.89. The summed E-state index contributed by atoms with van der Waals surface area (Å²) in [5.41, 5.74) is 0.457. The van der Waals surface area contributed by atoms with Crippen molar-refractivity contribution in [1.29, 1.82) is 0 Å². The van der Waals surface area contributed by atoms with Crippen molar-refractivity contribution in [2.24, 2.45) is 0 Å². The van der Waals surface area contributed by atoms with Crippen LogP contribution in [0.2, 0.25) is 5.02 Å². The largest absolute Gasteiger partial charge is 0.495 e. The van der Waals surface area contributed by atoms with Crippen molar-refractivity contribution in [2.75, 3.05) is 25.6 Å². The van der Waals surface area contributed by atoms with Crippen LogP contribution in [0.15, 0.2) is 47.4 Å². The zero-order chi connectivity index (χ0) is 19.2. The lowest BCUT2D eigenvalue weighted by Gasteiger charge is -2.13. The molecule has 0 saturated carbocycles. The van der Waals surface area contributed by atoms with Crippen molar-refractivity contribution in [3.05, 3.63) is 47.5 Å². The number of anilines is 1. The summed E-state index contributed by atoms with van der Waals surface area (Å²) >= 11 is 5.86. The molecule has 2 N–H and O–H groups in total. The molecule has 1 amide bonds. The lowest BCUT2D eigenvalue weighted by atomic mass is 10.3. The van der Waals surface area contributed by atoms with Gasteiger partial charge in [0, 0.05) is 5.02 Å². The number of methoxy groups -OCH3 is 1. The lowest BCUT2D eigenvalue weighted by Crippen LogP contribution is -2.33. The quantitative estimate of drug-likeness (QED) is 0.713. The Morgan fingerprint density at radius 1 is 1.15 bits per heavy atom. The zero-order valence-electron chi connectivity index (χ0n) is 14.3. The van der Waals surface area contributed by atoms with Gasteiger partial charge < -0.3 is 14.8 Å². The van der Waals surface area contributed by atoms with Crippen molar-refractivity contribution in [3.63, 3.8) is 0 Å². The molecular formula is C17H19ClN2O5S. The average molecular weight is 399 g/mol. The summed E-state index contributed by atoms with van der Waals surface area (Å²) in [6.07, 6.45) is 0. The second kappa shape index (κ2) is 8.88. The Morgan fingerprint density at radius 2 is 1.88 bits per heavy atom. The molecule has 0 saturated heterocycles. The van der Waals surface area contributed by atoms with E-state index in [9.17, 15) is 13.2 Å². The number of hydrogen-bond donors (Lipinski definition) is 2. The predicted molar refractivity (Wildman–Crippen MR) is 99.4 cm³/mol. The summed E-state index contributed by atoms with van der Waals surface area (Å²) in [5.74, 6) is 0.0911. The van der Waals surface area contributed by atoms with Crippen LogP contribution in [0.25, 0.3) is 0 Å². The van der Waals surface area contributed by atoms with Crippen LogP contribution in [0, 0.1) is 0 Å². The van der Waals surface area contributed by atoms with E-state index in [4.69, 9.17) is 21.1 Å². The fourth-order valence-electron chi connectivity index (χ4n) is 2.14. The summed E-state index contributed by atoms with van der Waals surface area (Å²) < 4.78 is 37.5. The van der Waals surface area contributed by atoms with Crippen molar-refractivity contribution in [1.82, 2.24) is 4.72 Å². The third-order valence-electron chi connectivity index (χ3n) is 3.30. The van der Waals surface area contributed by atoms with Gasteiger partial charge in [-0.25, -0.2) is 13.1 Å². The van der Waals surface area contributed by atoms with E-state index in [1.165, 1.54) is 25.3 Å². The van der Waals surface area contributed by atoms with E-state index < -0.39 is 22.5 Å². The van der Waals surface area contributed by atoms with Gasteiger partial charge in [-0.05, 0) is 37.3 Å². The van der Waals surface area contributed by atoms with E-state index >= 15 is 0 Å². The molecule has 26 heavy (non-hydrogen) atoms. The maximum absolute atomic E-state index is 12.4. The number of carbonyl (C=O) groups is 1. The first-order chi connectivity index (χ1) is 12.4. The molecule has 0 heterocycles. The van der Waals surface area contributed by atoms with Crippen molar-refractivity contribution < 1.29 is 22.7 Å². The second-order valence-electron chi connectivity index (χ2n) is 5.10. The number of para-hydroxylation sites is 2. The van der Waals surface area contributed by atoms with E-state index in [1.807, 2.05) is 6.92 Å². The molecule has 0 aliphatic heterocycles. The number of halogens is 1. The van der Waals surface area contributed by atoms with Gasteiger partial charge in [0.05, 0.1) is 25.9 Å². The molecule has 0 atom stereocenters. The zero-order valence-corrected chi connectivity index (χ0v) is 15.9. The Hall–Kier alpha value is -2.29. The summed E-state index contributed by atoms with van der Waals surface area (Å²) in [6, 6.07) is 11.1. The van der Waals surface area contributed by atoms with Gasteiger partial charge in [0.1, 0.15) is 16.4 Å². The molecule has 0 aliphatic carbocycles. The van der Waals surface area contributed by atoms with Crippen LogP contribution in [0.1, 0.15) is 6.92 Å². The van der Waals surface area contributed by atoms with Gasteiger partial charge in [-0.3, -0.25) is 4.79 Å². The van der Waals surface area contributed by atoms with Crippen molar-refractivity contribution in [2.45, 2.75) is 11.8 Å². The number of sulfonamides is 1. The SMILES string of the molecule is CCOc1ccccc1NC(=O)CNS(=O)(=O)c1cc(Cl)ccc1OC. The molecule has 2 aromatic carbocycles. The minimum atomic E-state index is -3.98. The van der Waals surface area contributed by atoms with E-state index in [-0.39, 0.29) is 15.7 Å². The highest BCUT2D eigenvalue weighted by atomic mass is 35.5. The molecule has 0 fully saturated rings. The van der Waals surface area contributed by atoms with E-state index in [2.05, 4.69) is 10.0 Å². The maximum atomic E-state index is 12.4. The predicted octanol–water partition coefficient (Wildman–Crippen LogP) is 2.66. The minimum absolute atomic E-state index is 0.129. The Morgan fingerprint density at radius 3 is 2.58 bits per heavy atom. The highest BCUT2D eigenvalue weighted by Gasteiger charge is 2.21. The normalized spacial score (nSPS) is 11.0. The number of nitrogens with one attached hydrogen (secondary N) is 2. The highest BCUT2D eigenvalue weighted by Crippen LogP contribution is 2.27. The van der Waals surface area contributed by atoms with Gasteiger partial charge in [-0.1, -0.05) is 23.7 Å². The third kappa shape index (κ3) is 5.10. The second-order valence-corrected chi connectivity index (χ2v) is 7.27. The first-order valence-corrected chi connectivity index (χ1v) is 9.58. The number of amides is 1. The van der Waals surface area contributed by atoms with Gasteiger partial charge in [-0.15, -0.1) is 0 Å². The van der Waals surface area contributed by atoms with Gasteiger partial charge in [-0.2, -0.15) is 0 Å². The van der Waals surface area contributed by atoms with Gasteiger partial charge in [0.2, 0.25) is 15.9 Å². The Balaban J connectivity index is 2.08. The number of ether oxygens (including phenoxy) is 2. The Labute approximate surface area is 157 Å². The molecule has 0 spiro atoms.